The summed E-state index contributed by atoms with van der Waals surface area (Å²) in [6, 6.07) is 32.3. The standard InChI is InChI=1S/C38H38N4O4/c1-2-46-38(45)29-16-21-32-33(24-29)40-36(37(32)44)35(28-14-8-4-9-15-28)39-30-17-19-31(20-18-30)42(25-27-12-6-3-7-13-27)34(43)26-41-22-10-5-11-23-41/h3-4,6-9,12-21,24,39-40H,2,5,10-11,22-23,25-26H2,1H3. The molecule has 6 rings (SSSR count). The molecule has 2 heterocycles. The van der Waals surface area contributed by atoms with Crippen molar-refractivity contribution in [3.63, 3.8) is 0 Å². The number of anilines is 3. The Morgan fingerprint density at radius 1 is 0.848 bits per heavy atom. The number of allylic oxidation sites excluding steroid dienone is 1. The van der Waals surface area contributed by atoms with Crippen LogP contribution in [0.5, 0.6) is 0 Å². The summed E-state index contributed by atoms with van der Waals surface area (Å²) in [5.74, 6) is -0.542. The molecule has 2 aliphatic heterocycles. The molecule has 0 spiro atoms. The van der Waals surface area contributed by atoms with Crippen molar-refractivity contribution < 1.29 is 19.1 Å². The lowest BCUT2D eigenvalue weighted by Crippen LogP contribution is -2.42. The average Bonchev–Trinajstić information content (AvgIpc) is 3.42. The summed E-state index contributed by atoms with van der Waals surface area (Å²) in [6.45, 7) is 4.79. The molecule has 0 radical (unpaired) electrons. The summed E-state index contributed by atoms with van der Waals surface area (Å²) in [5, 5.41) is 6.72. The molecule has 2 N–H and O–H groups in total. The fourth-order valence-electron chi connectivity index (χ4n) is 5.93. The van der Waals surface area contributed by atoms with Crippen LogP contribution in [0.1, 0.15) is 58.0 Å². The van der Waals surface area contributed by atoms with Crippen molar-refractivity contribution in [3.05, 3.63) is 131 Å². The Labute approximate surface area is 269 Å². The lowest BCUT2D eigenvalue weighted by atomic mass is 10.0. The minimum absolute atomic E-state index is 0.0688. The molecule has 4 aromatic carbocycles. The summed E-state index contributed by atoms with van der Waals surface area (Å²) in [4.78, 5) is 43.7. The number of amides is 1. The van der Waals surface area contributed by atoms with Gasteiger partial charge in [-0.25, -0.2) is 4.79 Å². The van der Waals surface area contributed by atoms with E-state index in [1.807, 2.05) is 89.8 Å². The number of nitrogens with one attached hydrogen (secondary N) is 2. The van der Waals surface area contributed by atoms with Gasteiger partial charge in [0.05, 0.1) is 36.6 Å². The summed E-state index contributed by atoms with van der Waals surface area (Å²) in [6.07, 6.45) is 3.47. The van der Waals surface area contributed by atoms with Crippen LogP contribution >= 0.6 is 0 Å². The first-order valence-corrected chi connectivity index (χ1v) is 15.9. The van der Waals surface area contributed by atoms with Crippen molar-refractivity contribution in [2.45, 2.75) is 32.7 Å². The minimum atomic E-state index is -0.436. The highest BCUT2D eigenvalue weighted by Gasteiger charge is 2.29. The van der Waals surface area contributed by atoms with E-state index in [2.05, 4.69) is 15.5 Å². The SMILES string of the molecule is CCOC(=O)c1ccc2c(c1)NC(=C(Nc1ccc(N(Cc3ccccc3)C(=O)CN3CCCCC3)cc1)c1ccccc1)C2=O. The number of ether oxygens (including phenoxy) is 1. The second kappa shape index (κ2) is 14.3. The number of ketones is 1. The second-order valence-corrected chi connectivity index (χ2v) is 11.5. The molecular formula is C38H38N4O4. The highest BCUT2D eigenvalue weighted by Crippen LogP contribution is 2.34. The first-order valence-electron chi connectivity index (χ1n) is 15.9. The van der Waals surface area contributed by atoms with Crippen molar-refractivity contribution >= 4 is 40.4 Å². The molecule has 1 amide bonds. The predicted octanol–water partition coefficient (Wildman–Crippen LogP) is 6.97. The van der Waals surface area contributed by atoms with Crippen molar-refractivity contribution in [3.8, 4) is 0 Å². The van der Waals surface area contributed by atoms with Gasteiger partial charge in [-0.15, -0.1) is 0 Å². The van der Waals surface area contributed by atoms with E-state index in [1.165, 1.54) is 6.42 Å². The second-order valence-electron chi connectivity index (χ2n) is 11.5. The van der Waals surface area contributed by atoms with Gasteiger partial charge in [0.1, 0.15) is 5.70 Å². The Kier molecular flexibility index (Phi) is 9.55. The lowest BCUT2D eigenvalue weighted by molar-refractivity contribution is -0.120. The van der Waals surface area contributed by atoms with E-state index in [1.54, 1.807) is 25.1 Å². The van der Waals surface area contributed by atoms with E-state index in [9.17, 15) is 14.4 Å². The molecule has 234 valence electrons. The van der Waals surface area contributed by atoms with E-state index in [4.69, 9.17) is 4.74 Å². The smallest absolute Gasteiger partial charge is 0.338 e. The van der Waals surface area contributed by atoms with E-state index in [0.29, 0.717) is 41.3 Å². The molecule has 4 aromatic rings. The van der Waals surface area contributed by atoms with E-state index < -0.39 is 5.97 Å². The number of carbonyl (C=O) groups is 3. The Morgan fingerprint density at radius 3 is 2.24 bits per heavy atom. The first-order chi connectivity index (χ1) is 22.5. The molecule has 0 aromatic heterocycles. The maximum absolute atomic E-state index is 13.7. The van der Waals surface area contributed by atoms with Crippen LogP contribution in [-0.2, 0) is 16.1 Å². The average molecular weight is 615 g/mol. The van der Waals surface area contributed by atoms with Crippen LogP contribution in [0.15, 0.2) is 109 Å². The Balaban J connectivity index is 1.28. The van der Waals surface area contributed by atoms with Crippen molar-refractivity contribution in [2.75, 3.05) is 41.8 Å². The molecule has 0 bridgehead atoms. The van der Waals surface area contributed by atoms with E-state index in [-0.39, 0.29) is 18.3 Å². The van der Waals surface area contributed by atoms with Gasteiger partial charge in [-0.05, 0) is 80.9 Å². The zero-order valence-electron chi connectivity index (χ0n) is 26.0. The molecule has 1 saturated heterocycles. The number of fused-ring (bicyclic) bond motifs is 1. The highest BCUT2D eigenvalue weighted by molar-refractivity contribution is 6.23. The molecule has 2 aliphatic rings. The summed E-state index contributed by atoms with van der Waals surface area (Å²) in [7, 11) is 0. The molecule has 1 fully saturated rings. The van der Waals surface area contributed by atoms with E-state index >= 15 is 0 Å². The minimum Gasteiger partial charge on any atom is -0.462 e. The van der Waals surface area contributed by atoms with Crippen LogP contribution in [-0.4, -0.2) is 48.8 Å². The third kappa shape index (κ3) is 7.03. The molecule has 0 saturated carbocycles. The van der Waals surface area contributed by atoms with Crippen LogP contribution in [0.2, 0.25) is 0 Å². The summed E-state index contributed by atoms with van der Waals surface area (Å²) < 4.78 is 5.15. The monoisotopic (exact) mass is 614 g/mol. The Morgan fingerprint density at radius 2 is 1.54 bits per heavy atom. The molecule has 0 unspecified atom stereocenters. The predicted molar refractivity (Wildman–Crippen MR) is 182 cm³/mol. The fraction of sp³-hybridized carbons (Fsp3) is 0.237. The lowest BCUT2D eigenvalue weighted by Gasteiger charge is -2.30. The maximum Gasteiger partial charge on any atom is 0.338 e. The van der Waals surface area contributed by atoms with Crippen molar-refractivity contribution in [2.24, 2.45) is 0 Å². The van der Waals surface area contributed by atoms with Crippen LogP contribution in [0.25, 0.3) is 5.70 Å². The van der Waals surface area contributed by atoms with Crippen LogP contribution < -0.4 is 15.5 Å². The molecular weight excluding hydrogens is 576 g/mol. The highest BCUT2D eigenvalue weighted by atomic mass is 16.5. The largest absolute Gasteiger partial charge is 0.462 e. The van der Waals surface area contributed by atoms with Gasteiger partial charge in [0.2, 0.25) is 11.7 Å². The Bertz CT molecular complexity index is 1730. The van der Waals surface area contributed by atoms with Gasteiger partial charge >= 0.3 is 5.97 Å². The number of benzene rings is 4. The third-order valence-electron chi connectivity index (χ3n) is 8.31. The van der Waals surface area contributed by atoms with Gasteiger partial charge < -0.3 is 20.3 Å². The van der Waals surface area contributed by atoms with Gasteiger partial charge in [0.15, 0.2) is 0 Å². The number of nitrogens with zero attached hydrogens (tertiary/aromatic N) is 2. The van der Waals surface area contributed by atoms with Gasteiger partial charge in [-0.2, -0.15) is 0 Å². The summed E-state index contributed by atoms with van der Waals surface area (Å²) in [5.41, 5.74) is 5.85. The van der Waals surface area contributed by atoms with Gasteiger partial charge in [0.25, 0.3) is 0 Å². The first kappa shape index (κ1) is 30.8. The number of hydrogen-bond acceptors (Lipinski definition) is 7. The number of Topliss-reactive ketones (excluding diaryl/α,β-unsaturated/α-hetero) is 1. The molecule has 0 atom stereocenters. The number of esters is 1. The zero-order valence-corrected chi connectivity index (χ0v) is 26.0. The van der Waals surface area contributed by atoms with Crippen molar-refractivity contribution in [1.29, 1.82) is 0 Å². The maximum atomic E-state index is 13.7. The third-order valence-corrected chi connectivity index (χ3v) is 8.31. The zero-order chi connectivity index (χ0) is 31.9. The van der Waals surface area contributed by atoms with Gasteiger partial charge in [-0.1, -0.05) is 67.1 Å². The molecule has 0 aliphatic carbocycles. The number of rotatable bonds is 10. The normalized spacial score (nSPS) is 15.5. The fourth-order valence-corrected chi connectivity index (χ4v) is 5.93. The number of carbonyl (C=O) groups excluding carboxylic acids is 3. The topological polar surface area (TPSA) is 91.0 Å². The van der Waals surface area contributed by atoms with Gasteiger partial charge in [0, 0.05) is 22.5 Å². The summed E-state index contributed by atoms with van der Waals surface area (Å²) >= 11 is 0. The molecule has 8 nitrogen and oxygen atoms in total. The number of hydrogen-bond donors (Lipinski definition) is 2. The number of likely N-dealkylation sites (tertiary alicyclic amines) is 1. The number of piperidine rings is 1. The van der Waals surface area contributed by atoms with Crippen LogP contribution in [0, 0.1) is 0 Å². The Hall–Kier alpha value is -5.21. The quantitative estimate of drug-likeness (QED) is 0.147. The van der Waals surface area contributed by atoms with Gasteiger partial charge in [-0.3, -0.25) is 14.5 Å². The molecule has 8 heteroatoms. The van der Waals surface area contributed by atoms with Crippen LogP contribution in [0.4, 0.5) is 17.1 Å². The van der Waals surface area contributed by atoms with Crippen LogP contribution in [0.3, 0.4) is 0 Å². The van der Waals surface area contributed by atoms with E-state index in [0.717, 1.165) is 48.4 Å². The molecule has 46 heavy (non-hydrogen) atoms. The van der Waals surface area contributed by atoms with Crippen molar-refractivity contribution in [1.82, 2.24) is 4.90 Å².